The van der Waals surface area contributed by atoms with Crippen molar-refractivity contribution in [2.75, 3.05) is 32.2 Å². The number of ether oxygens (including phenoxy) is 2. The summed E-state index contributed by atoms with van der Waals surface area (Å²) in [5.74, 6) is 2.27. The molecular formula is C16H21N3O2. The third-order valence-electron chi connectivity index (χ3n) is 3.16. The fraction of sp³-hybridized carbons (Fsp3) is 0.312. The van der Waals surface area contributed by atoms with Crippen LogP contribution in [0.25, 0.3) is 0 Å². The van der Waals surface area contributed by atoms with Crippen molar-refractivity contribution in [1.29, 1.82) is 0 Å². The molecule has 1 aromatic heterocycles. The van der Waals surface area contributed by atoms with Gasteiger partial charge < -0.3 is 20.1 Å². The van der Waals surface area contributed by atoms with Gasteiger partial charge in [0.2, 0.25) is 5.88 Å². The molecule has 0 fully saturated rings. The largest absolute Gasteiger partial charge is 0.497 e. The van der Waals surface area contributed by atoms with E-state index in [2.05, 4.69) is 9.88 Å². The lowest BCUT2D eigenvalue weighted by Gasteiger charge is -2.24. The van der Waals surface area contributed by atoms with Crippen LogP contribution in [0.3, 0.4) is 0 Å². The number of benzene rings is 1. The molecule has 0 saturated carbocycles. The lowest BCUT2D eigenvalue weighted by Crippen LogP contribution is -2.21. The van der Waals surface area contributed by atoms with Crippen LogP contribution in [0.4, 0.5) is 11.5 Å². The molecule has 0 aliphatic heterocycles. The van der Waals surface area contributed by atoms with Crippen molar-refractivity contribution in [3.8, 4) is 11.6 Å². The van der Waals surface area contributed by atoms with Crippen LogP contribution >= 0.6 is 0 Å². The van der Waals surface area contributed by atoms with Crippen LogP contribution in [0.5, 0.6) is 11.6 Å². The predicted molar refractivity (Wildman–Crippen MR) is 84.5 cm³/mol. The van der Waals surface area contributed by atoms with E-state index in [-0.39, 0.29) is 0 Å². The average molecular weight is 287 g/mol. The van der Waals surface area contributed by atoms with Gasteiger partial charge in [-0.25, -0.2) is 0 Å². The van der Waals surface area contributed by atoms with Crippen LogP contribution < -0.4 is 20.1 Å². The predicted octanol–water partition coefficient (Wildman–Crippen LogP) is 2.59. The Morgan fingerprint density at radius 2 is 1.81 bits per heavy atom. The number of hydrogen-bond donors (Lipinski definition) is 1. The molecule has 21 heavy (non-hydrogen) atoms. The summed E-state index contributed by atoms with van der Waals surface area (Å²) in [6, 6.07) is 13.6. The van der Waals surface area contributed by atoms with Gasteiger partial charge in [0.25, 0.3) is 0 Å². The van der Waals surface area contributed by atoms with E-state index in [1.54, 1.807) is 14.2 Å². The summed E-state index contributed by atoms with van der Waals surface area (Å²) in [4.78, 5) is 6.61. The van der Waals surface area contributed by atoms with Gasteiger partial charge in [-0.3, -0.25) is 0 Å². The Labute approximate surface area is 125 Å². The van der Waals surface area contributed by atoms with E-state index in [0.717, 1.165) is 30.2 Å². The molecule has 112 valence electrons. The summed E-state index contributed by atoms with van der Waals surface area (Å²) in [6.07, 6.45) is 0.880. The fourth-order valence-electron chi connectivity index (χ4n) is 2.06. The van der Waals surface area contributed by atoms with Gasteiger partial charge in [0.15, 0.2) is 0 Å². The van der Waals surface area contributed by atoms with Gasteiger partial charge in [0, 0.05) is 18.3 Å². The summed E-state index contributed by atoms with van der Waals surface area (Å²) in [7, 11) is 3.27. The molecule has 5 heteroatoms. The minimum Gasteiger partial charge on any atom is -0.497 e. The number of pyridine rings is 1. The smallest absolute Gasteiger partial charge is 0.214 e. The van der Waals surface area contributed by atoms with E-state index in [0.29, 0.717) is 12.4 Å². The summed E-state index contributed by atoms with van der Waals surface area (Å²) >= 11 is 0. The second kappa shape index (κ2) is 7.50. The molecule has 0 radical (unpaired) electrons. The molecule has 0 spiro atoms. The maximum atomic E-state index is 5.64. The molecule has 5 nitrogen and oxygen atoms in total. The van der Waals surface area contributed by atoms with Gasteiger partial charge in [-0.2, -0.15) is 4.98 Å². The van der Waals surface area contributed by atoms with E-state index >= 15 is 0 Å². The first-order chi connectivity index (χ1) is 10.3. The molecule has 0 aliphatic carbocycles. The highest BCUT2D eigenvalue weighted by Crippen LogP contribution is 2.27. The molecule has 0 atom stereocenters. The molecule has 2 aromatic rings. The van der Waals surface area contributed by atoms with E-state index in [4.69, 9.17) is 15.2 Å². The molecule has 0 unspecified atom stereocenters. The number of hydrogen-bond acceptors (Lipinski definition) is 5. The number of nitrogens with two attached hydrogens (primary N) is 1. The van der Waals surface area contributed by atoms with Crippen molar-refractivity contribution < 1.29 is 9.47 Å². The Morgan fingerprint density at radius 1 is 1.05 bits per heavy atom. The van der Waals surface area contributed by atoms with Crippen LogP contribution in [0.15, 0.2) is 42.5 Å². The summed E-state index contributed by atoms with van der Waals surface area (Å²) in [6.45, 7) is 1.43. The minimum atomic E-state index is 0.596. The Kier molecular flexibility index (Phi) is 5.40. The SMILES string of the molecule is COc1ccc(N(CCCN)c2cccc(OC)n2)cc1. The lowest BCUT2D eigenvalue weighted by molar-refractivity contribution is 0.398. The van der Waals surface area contributed by atoms with Crippen LogP contribution in [0, 0.1) is 0 Å². The zero-order valence-corrected chi connectivity index (χ0v) is 12.5. The Hall–Kier alpha value is -2.27. The topological polar surface area (TPSA) is 60.6 Å². The molecule has 0 bridgehead atoms. The van der Waals surface area contributed by atoms with Gasteiger partial charge in [-0.1, -0.05) is 6.07 Å². The third kappa shape index (κ3) is 3.86. The number of anilines is 2. The van der Waals surface area contributed by atoms with Crippen LogP contribution in [0.2, 0.25) is 0 Å². The molecule has 0 saturated heterocycles. The number of aromatic nitrogens is 1. The lowest BCUT2D eigenvalue weighted by atomic mass is 10.2. The van der Waals surface area contributed by atoms with Crippen molar-refractivity contribution in [3.05, 3.63) is 42.5 Å². The maximum absolute atomic E-state index is 5.64. The average Bonchev–Trinajstić information content (AvgIpc) is 2.56. The quantitative estimate of drug-likeness (QED) is 0.848. The van der Waals surface area contributed by atoms with Gasteiger partial charge in [-0.15, -0.1) is 0 Å². The maximum Gasteiger partial charge on any atom is 0.214 e. The number of methoxy groups -OCH3 is 2. The van der Waals surface area contributed by atoms with E-state index in [1.165, 1.54) is 0 Å². The summed E-state index contributed by atoms with van der Waals surface area (Å²) in [5.41, 5.74) is 6.69. The Morgan fingerprint density at radius 3 is 2.43 bits per heavy atom. The molecule has 0 amide bonds. The highest BCUT2D eigenvalue weighted by molar-refractivity contribution is 5.61. The standard InChI is InChI=1S/C16H21N3O2/c1-20-14-9-7-13(8-10-14)19(12-4-11-17)15-5-3-6-16(18-15)21-2/h3,5-10H,4,11-12,17H2,1-2H3. The normalized spacial score (nSPS) is 10.2. The molecule has 1 heterocycles. The zero-order chi connectivity index (χ0) is 15.1. The second-order valence-corrected chi connectivity index (χ2v) is 4.53. The third-order valence-corrected chi connectivity index (χ3v) is 3.16. The molecule has 2 N–H and O–H groups in total. The molecular weight excluding hydrogens is 266 g/mol. The van der Waals surface area contributed by atoms with Crippen LogP contribution in [-0.4, -0.2) is 32.3 Å². The number of rotatable bonds is 7. The van der Waals surface area contributed by atoms with Gasteiger partial charge in [0.05, 0.1) is 14.2 Å². The fourth-order valence-corrected chi connectivity index (χ4v) is 2.06. The highest BCUT2D eigenvalue weighted by atomic mass is 16.5. The van der Waals surface area contributed by atoms with Crippen LogP contribution in [0.1, 0.15) is 6.42 Å². The first-order valence-electron chi connectivity index (χ1n) is 6.91. The van der Waals surface area contributed by atoms with Gasteiger partial charge >= 0.3 is 0 Å². The monoisotopic (exact) mass is 287 g/mol. The highest BCUT2D eigenvalue weighted by Gasteiger charge is 2.11. The van der Waals surface area contributed by atoms with Crippen molar-refractivity contribution >= 4 is 11.5 Å². The van der Waals surface area contributed by atoms with E-state index < -0.39 is 0 Å². The van der Waals surface area contributed by atoms with Crippen molar-refractivity contribution in [2.24, 2.45) is 5.73 Å². The molecule has 1 aromatic carbocycles. The van der Waals surface area contributed by atoms with E-state index in [1.807, 2.05) is 42.5 Å². The van der Waals surface area contributed by atoms with Crippen molar-refractivity contribution in [1.82, 2.24) is 4.98 Å². The summed E-state index contributed by atoms with van der Waals surface area (Å²) < 4.78 is 10.4. The van der Waals surface area contributed by atoms with Gasteiger partial charge in [-0.05, 0) is 43.3 Å². The second-order valence-electron chi connectivity index (χ2n) is 4.53. The molecule has 2 rings (SSSR count). The first kappa shape index (κ1) is 15.1. The van der Waals surface area contributed by atoms with Crippen molar-refractivity contribution in [2.45, 2.75) is 6.42 Å². The zero-order valence-electron chi connectivity index (χ0n) is 12.5. The van der Waals surface area contributed by atoms with E-state index in [9.17, 15) is 0 Å². The molecule has 0 aliphatic rings. The Bertz CT molecular complexity index is 558. The number of nitrogens with zero attached hydrogens (tertiary/aromatic N) is 2. The minimum absolute atomic E-state index is 0.596. The van der Waals surface area contributed by atoms with Gasteiger partial charge in [0.1, 0.15) is 11.6 Å². The van der Waals surface area contributed by atoms with Crippen LogP contribution in [-0.2, 0) is 0 Å². The summed E-state index contributed by atoms with van der Waals surface area (Å²) in [5, 5.41) is 0. The van der Waals surface area contributed by atoms with Crippen molar-refractivity contribution in [3.63, 3.8) is 0 Å². The Balaban J connectivity index is 2.31. The first-order valence-corrected chi connectivity index (χ1v) is 6.91.